The standard InChI is InChI=1S/C11H12Br2INO2/c1-17-6-8(13)5-15-11(16)9-4-7(12)2-3-10(9)14/h2-4,8H,5-6H2,1H3,(H,15,16). The molecule has 1 N–H and O–H groups in total. The van der Waals surface area contributed by atoms with E-state index in [0.717, 1.165) is 8.04 Å². The van der Waals surface area contributed by atoms with Crippen molar-refractivity contribution in [2.45, 2.75) is 4.83 Å². The van der Waals surface area contributed by atoms with Crippen molar-refractivity contribution in [3.8, 4) is 0 Å². The van der Waals surface area contributed by atoms with Crippen molar-refractivity contribution >= 4 is 60.4 Å². The van der Waals surface area contributed by atoms with Gasteiger partial charge in [-0.25, -0.2) is 0 Å². The largest absolute Gasteiger partial charge is 0.383 e. The molecule has 0 heterocycles. The molecule has 0 saturated heterocycles. The van der Waals surface area contributed by atoms with Crippen LogP contribution in [0.5, 0.6) is 0 Å². The van der Waals surface area contributed by atoms with Gasteiger partial charge >= 0.3 is 0 Å². The van der Waals surface area contributed by atoms with Gasteiger partial charge in [-0.3, -0.25) is 4.79 Å². The van der Waals surface area contributed by atoms with Crippen molar-refractivity contribution in [2.24, 2.45) is 0 Å². The fourth-order valence-corrected chi connectivity index (χ4v) is 2.58. The maximum atomic E-state index is 11.9. The molecule has 0 aliphatic carbocycles. The number of hydrogen-bond acceptors (Lipinski definition) is 2. The molecule has 1 atom stereocenters. The summed E-state index contributed by atoms with van der Waals surface area (Å²) in [5.41, 5.74) is 0.678. The second-order valence-corrected chi connectivity index (χ2v) is 6.76. The maximum absolute atomic E-state index is 11.9. The van der Waals surface area contributed by atoms with Crippen LogP contribution < -0.4 is 5.32 Å². The van der Waals surface area contributed by atoms with Crippen LogP contribution in [0.1, 0.15) is 10.4 Å². The summed E-state index contributed by atoms with van der Waals surface area (Å²) < 4.78 is 6.81. The number of benzene rings is 1. The molecule has 0 aliphatic heterocycles. The molecular weight excluding hydrogens is 465 g/mol. The molecule has 1 aromatic rings. The predicted octanol–water partition coefficient (Wildman–Crippen LogP) is 3.19. The predicted molar refractivity (Wildman–Crippen MR) is 83.8 cm³/mol. The number of methoxy groups -OCH3 is 1. The molecule has 6 heteroatoms. The van der Waals surface area contributed by atoms with E-state index in [-0.39, 0.29) is 10.7 Å². The fraction of sp³-hybridized carbons (Fsp3) is 0.364. The Morgan fingerprint density at radius 2 is 2.29 bits per heavy atom. The lowest BCUT2D eigenvalue weighted by Crippen LogP contribution is -2.31. The molecule has 0 spiro atoms. The summed E-state index contributed by atoms with van der Waals surface area (Å²) in [4.78, 5) is 12.1. The summed E-state index contributed by atoms with van der Waals surface area (Å²) in [5.74, 6) is -0.0729. The first-order valence-electron chi connectivity index (χ1n) is 4.91. The van der Waals surface area contributed by atoms with Crippen LogP contribution in [0.3, 0.4) is 0 Å². The van der Waals surface area contributed by atoms with Gasteiger partial charge in [-0.1, -0.05) is 31.9 Å². The van der Waals surface area contributed by atoms with Crippen LogP contribution in [-0.2, 0) is 4.74 Å². The second kappa shape index (κ2) is 7.70. The van der Waals surface area contributed by atoms with Crippen LogP contribution in [0.25, 0.3) is 0 Å². The quantitative estimate of drug-likeness (QED) is 0.523. The number of ether oxygens (including phenoxy) is 1. The van der Waals surface area contributed by atoms with Crippen LogP contribution in [0.15, 0.2) is 22.7 Å². The number of amides is 1. The SMILES string of the molecule is COCC(Br)CNC(=O)c1cc(Br)ccc1I. The summed E-state index contributed by atoms with van der Waals surface area (Å²) in [6, 6.07) is 5.63. The average Bonchev–Trinajstić information content (AvgIpc) is 2.29. The lowest BCUT2D eigenvalue weighted by molar-refractivity contribution is 0.0949. The van der Waals surface area contributed by atoms with Gasteiger partial charge in [0.1, 0.15) is 0 Å². The van der Waals surface area contributed by atoms with E-state index < -0.39 is 0 Å². The third kappa shape index (κ3) is 5.23. The van der Waals surface area contributed by atoms with E-state index in [1.807, 2.05) is 18.2 Å². The molecule has 0 aromatic heterocycles. The highest BCUT2D eigenvalue weighted by Crippen LogP contribution is 2.18. The molecule has 0 saturated carbocycles. The Morgan fingerprint density at radius 3 is 2.94 bits per heavy atom. The Kier molecular flexibility index (Phi) is 6.98. The zero-order valence-corrected chi connectivity index (χ0v) is 14.5. The summed E-state index contributed by atoms with van der Waals surface area (Å²) in [6.45, 7) is 1.10. The number of rotatable bonds is 5. The number of alkyl halides is 1. The number of nitrogens with one attached hydrogen (secondary N) is 1. The molecule has 1 aromatic carbocycles. The van der Waals surface area contributed by atoms with Gasteiger partial charge in [0, 0.05) is 21.7 Å². The van der Waals surface area contributed by atoms with Gasteiger partial charge in [0.2, 0.25) is 0 Å². The molecule has 1 unspecified atom stereocenters. The smallest absolute Gasteiger partial charge is 0.252 e. The number of carbonyl (C=O) groups is 1. The Balaban J connectivity index is 2.61. The summed E-state index contributed by atoms with van der Waals surface area (Å²) in [6.07, 6.45) is 0. The topological polar surface area (TPSA) is 38.3 Å². The van der Waals surface area contributed by atoms with Gasteiger partial charge in [0.05, 0.1) is 17.0 Å². The van der Waals surface area contributed by atoms with Gasteiger partial charge in [0.25, 0.3) is 5.91 Å². The van der Waals surface area contributed by atoms with E-state index in [0.29, 0.717) is 18.7 Å². The minimum absolute atomic E-state index is 0.0729. The van der Waals surface area contributed by atoms with Crippen molar-refractivity contribution in [3.63, 3.8) is 0 Å². The first-order valence-corrected chi connectivity index (χ1v) is 7.69. The van der Waals surface area contributed by atoms with Gasteiger partial charge in [-0.05, 0) is 40.8 Å². The Bertz CT molecular complexity index is 401. The first-order chi connectivity index (χ1) is 8.04. The third-order valence-corrected chi connectivity index (χ3v) is 4.03. The third-order valence-electron chi connectivity index (χ3n) is 2.00. The second-order valence-electron chi connectivity index (χ2n) is 3.39. The van der Waals surface area contributed by atoms with Gasteiger partial charge < -0.3 is 10.1 Å². The van der Waals surface area contributed by atoms with E-state index in [2.05, 4.69) is 59.8 Å². The van der Waals surface area contributed by atoms with Crippen molar-refractivity contribution in [2.75, 3.05) is 20.3 Å². The Hall–Kier alpha value is 0.340. The molecule has 0 radical (unpaired) electrons. The lowest BCUT2D eigenvalue weighted by atomic mass is 10.2. The van der Waals surface area contributed by atoms with Gasteiger partial charge in [0.15, 0.2) is 0 Å². The van der Waals surface area contributed by atoms with Gasteiger partial charge in [-0.15, -0.1) is 0 Å². The van der Waals surface area contributed by atoms with Gasteiger partial charge in [-0.2, -0.15) is 0 Å². The zero-order chi connectivity index (χ0) is 12.8. The van der Waals surface area contributed by atoms with Crippen molar-refractivity contribution < 1.29 is 9.53 Å². The molecule has 0 aliphatic rings. The molecule has 1 amide bonds. The molecular formula is C11H12Br2INO2. The molecule has 0 fully saturated rings. The van der Waals surface area contributed by atoms with Crippen LogP contribution in [-0.4, -0.2) is 31.0 Å². The summed E-state index contributed by atoms with van der Waals surface area (Å²) >= 11 is 8.93. The number of hydrogen-bond donors (Lipinski definition) is 1. The molecule has 94 valence electrons. The molecule has 3 nitrogen and oxygen atoms in total. The number of carbonyl (C=O) groups excluding carboxylic acids is 1. The summed E-state index contributed by atoms with van der Waals surface area (Å²) in [5, 5.41) is 2.86. The lowest BCUT2D eigenvalue weighted by Gasteiger charge is -2.11. The van der Waals surface area contributed by atoms with Crippen LogP contribution in [0, 0.1) is 3.57 Å². The number of halogens is 3. The highest BCUT2D eigenvalue weighted by atomic mass is 127. The highest BCUT2D eigenvalue weighted by Gasteiger charge is 2.12. The minimum Gasteiger partial charge on any atom is -0.383 e. The van der Waals surface area contributed by atoms with Crippen LogP contribution >= 0.6 is 54.5 Å². The highest BCUT2D eigenvalue weighted by molar-refractivity contribution is 14.1. The van der Waals surface area contributed by atoms with E-state index in [1.54, 1.807) is 7.11 Å². The zero-order valence-electron chi connectivity index (χ0n) is 9.17. The van der Waals surface area contributed by atoms with E-state index in [9.17, 15) is 4.79 Å². The molecule has 17 heavy (non-hydrogen) atoms. The van der Waals surface area contributed by atoms with E-state index in [4.69, 9.17) is 4.74 Å². The fourth-order valence-electron chi connectivity index (χ4n) is 1.21. The maximum Gasteiger partial charge on any atom is 0.252 e. The first kappa shape index (κ1) is 15.4. The Labute approximate surface area is 131 Å². The minimum atomic E-state index is -0.0729. The van der Waals surface area contributed by atoms with E-state index >= 15 is 0 Å². The van der Waals surface area contributed by atoms with Crippen molar-refractivity contribution in [1.82, 2.24) is 5.32 Å². The van der Waals surface area contributed by atoms with Crippen LogP contribution in [0.2, 0.25) is 0 Å². The monoisotopic (exact) mass is 475 g/mol. The normalized spacial score (nSPS) is 12.2. The average molecular weight is 477 g/mol. The molecule has 0 bridgehead atoms. The van der Waals surface area contributed by atoms with Crippen molar-refractivity contribution in [3.05, 3.63) is 31.8 Å². The molecule has 1 rings (SSSR count). The van der Waals surface area contributed by atoms with Crippen LogP contribution in [0.4, 0.5) is 0 Å². The van der Waals surface area contributed by atoms with E-state index in [1.165, 1.54) is 0 Å². The Morgan fingerprint density at radius 1 is 1.59 bits per heavy atom. The summed E-state index contributed by atoms with van der Waals surface area (Å²) in [7, 11) is 1.63. The van der Waals surface area contributed by atoms with Crippen molar-refractivity contribution in [1.29, 1.82) is 0 Å².